The van der Waals surface area contributed by atoms with Crippen LogP contribution < -0.4 is 10.5 Å². The predicted octanol–water partition coefficient (Wildman–Crippen LogP) is 3.23. The summed E-state index contributed by atoms with van der Waals surface area (Å²) in [6, 6.07) is 7.46. The highest BCUT2D eigenvalue weighted by atomic mass is 79.9. The third-order valence-electron chi connectivity index (χ3n) is 2.06. The van der Waals surface area contributed by atoms with E-state index in [9.17, 15) is 4.39 Å². The fourth-order valence-electron chi connectivity index (χ4n) is 1.31. The SMILES string of the molecule is N#Cc1cnc(Oc2cc(F)cc(Br)c2)c(N)c1. The van der Waals surface area contributed by atoms with Gasteiger partial charge in [-0.25, -0.2) is 9.37 Å². The number of nitrogens with two attached hydrogens (primary N) is 1. The van der Waals surface area contributed by atoms with Crippen LogP contribution in [0, 0.1) is 17.1 Å². The molecule has 0 fully saturated rings. The first-order chi connectivity index (χ1) is 8.58. The number of anilines is 1. The number of benzene rings is 1. The lowest BCUT2D eigenvalue weighted by Crippen LogP contribution is -1.96. The molecule has 2 aromatic rings. The molecule has 0 aliphatic heterocycles. The number of halogens is 2. The van der Waals surface area contributed by atoms with Gasteiger partial charge in [-0.15, -0.1) is 0 Å². The fraction of sp³-hybridized carbons (Fsp3) is 0. The largest absolute Gasteiger partial charge is 0.437 e. The summed E-state index contributed by atoms with van der Waals surface area (Å²) in [5.41, 5.74) is 6.23. The van der Waals surface area contributed by atoms with Crippen LogP contribution in [0.1, 0.15) is 5.56 Å². The van der Waals surface area contributed by atoms with Gasteiger partial charge in [0.1, 0.15) is 17.6 Å². The van der Waals surface area contributed by atoms with Crippen molar-refractivity contribution < 1.29 is 9.13 Å². The minimum Gasteiger partial charge on any atom is -0.437 e. The van der Waals surface area contributed by atoms with Crippen molar-refractivity contribution in [2.75, 3.05) is 5.73 Å². The summed E-state index contributed by atoms with van der Waals surface area (Å²) in [5, 5.41) is 8.67. The summed E-state index contributed by atoms with van der Waals surface area (Å²) in [6.45, 7) is 0. The molecule has 0 aliphatic rings. The van der Waals surface area contributed by atoms with E-state index in [1.165, 1.54) is 24.4 Å². The van der Waals surface area contributed by atoms with Gasteiger partial charge in [0.2, 0.25) is 5.88 Å². The number of ether oxygens (including phenoxy) is 1. The molecule has 2 N–H and O–H groups in total. The zero-order valence-corrected chi connectivity index (χ0v) is 10.6. The first kappa shape index (κ1) is 12.3. The van der Waals surface area contributed by atoms with Crippen LogP contribution in [-0.4, -0.2) is 4.98 Å². The molecule has 0 amide bonds. The van der Waals surface area contributed by atoms with Crippen LogP contribution in [0.15, 0.2) is 34.9 Å². The number of nitrogen functional groups attached to an aromatic ring is 1. The summed E-state index contributed by atoms with van der Waals surface area (Å²) < 4.78 is 19.0. The smallest absolute Gasteiger partial charge is 0.242 e. The number of hydrogen-bond acceptors (Lipinski definition) is 4. The molecule has 0 radical (unpaired) electrons. The van der Waals surface area contributed by atoms with Crippen LogP contribution in [-0.2, 0) is 0 Å². The first-order valence-corrected chi connectivity index (χ1v) is 5.67. The Morgan fingerprint density at radius 2 is 2.11 bits per heavy atom. The Balaban J connectivity index is 2.31. The molecule has 0 atom stereocenters. The van der Waals surface area contributed by atoms with Crippen molar-refractivity contribution in [3.05, 3.63) is 46.3 Å². The molecule has 2 rings (SSSR count). The maximum absolute atomic E-state index is 13.1. The number of nitrogens with zero attached hydrogens (tertiary/aromatic N) is 2. The van der Waals surface area contributed by atoms with Crippen molar-refractivity contribution >= 4 is 21.6 Å². The van der Waals surface area contributed by atoms with E-state index in [0.717, 1.165) is 0 Å². The summed E-state index contributed by atoms with van der Waals surface area (Å²) >= 11 is 3.15. The zero-order valence-electron chi connectivity index (χ0n) is 9.02. The summed E-state index contributed by atoms with van der Waals surface area (Å²) in [5.74, 6) is -0.0381. The Hall–Kier alpha value is -2.13. The predicted molar refractivity (Wildman–Crippen MR) is 67.5 cm³/mol. The van der Waals surface area contributed by atoms with Gasteiger partial charge in [0.25, 0.3) is 0 Å². The maximum atomic E-state index is 13.1. The Morgan fingerprint density at radius 1 is 1.33 bits per heavy atom. The summed E-state index contributed by atoms with van der Waals surface area (Å²) in [7, 11) is 0. The van der Waals surface area contributed by atoms with Crippen molar-refractivity contribution in [2.45, 2.75) is 0 Å². The van der Waals surface area contributed by atoms with E-state index in [-0.39, 0.29) is 17.3 Å². The molecule has 0 aliphatic carbocycles. The van der Waals surface area contributed by atoms with Gasteiger partial charge in [0.15, 0.2) is 0 Å². The van der Waals surface area contributed by atoms with Crippen LogP contribution in [0.3, 0.4) is 0 Å². The highest BCUT2D eigenvalue weighted by molar-refractivity contribution is 9.10. The van der Waals surface area contributed by atoms with Crippen molar-refractivity contribution in [3.63, 3.8) is 0 Å². The second-order valence-electron chi connectivity index (χ2n) is 3.44. The summed E-state index contributed by atoms with van der Waals surface area (Å²) in [4.78, 5) is 3.90. The lowest BCUT2D eigenvalue weighted by atomic mass is 10.3. The Bertz CT molecular complexity index is 619. The van der Waals surface area contributed by atoms with Gasteiger partial charge in [-0.3, -0.25) is 0 Å². The van der Waals surface area contributed by atoms with Crippen molar-refractivity contribution in [3.8, 4) is 17.7 Å². The number of hydrogen-bond donors (Lipinski definition) is 1. The van der Waals surface area contributed by atoms with Crippen molar-refractivity contribution in [1.82, 2.24) is 4.98 Å². The van der Waals surface area contributed by atoms with Gasteiger partial charge in [-0.05, 0) is 18.2 Å². The van der Waals surface area contributed by atoms with E-state index in [1.54, 1.807) is 6.07 Å². The van der Waals surface area contributed by atoms with Crippen molar-refractivity contribution in [2.24, 2.45) is 0 Å². The van der Waals surface area contributed by atoms with Crippen LogP contribution in [0.4, 0.5) is 10.1 Å². The summed E-state index contributed by atoms with van der Waals surface area (Å²) in [6.07, 6.45) is 1.33. The molecular formula is C12H7BrFN3O. The fourth-order valence-corrected chi connectivity index (χ4v) is 1.76. The van der Waals surface area contributed by atoms with Gasteiger partial charge in [0.05, 0.1) is 11.3 Å². The molecule has 18 heavy (non-hydrogen) atoms. The molecule has 0 bridgehead atoms. The molecule has 0 unspecified atom stereocenters. The quantitative estimate of drug-likeness (QED) is 0.924. The maximum Gasteiger partial charge on any atom is 0.242 e. The molecular weight excluding hydrogens is 301 g/mol. The first-order valence-electron chi connectivity index (χ1n) is 4.88. The topological polar surface area (TPSA) is 71.9 Å². The normalized spacial score (nSPS) is 9.83. The zero-order chi connectivity index (χ0) is 13.1. The third kappa shape index (κ3) is 2.76. The van der Waals surface area contributed by atoms with Gasteiger partial charge in [-0.1, -0.05) is 15.9 Å². The standard InChI is InChI=1S/C12H7BrFN3O/c13-8-2-9(14)4-10(3-8)18-12-11(16)1-7(5-15)6-17-12/h1-4,6H,16H2. The highest BCUT2D eigenvalue weighted by Gasteiger charge is 2.07. The number of aromatic nitrogens is 1. The lowest BCUT2D eigenvalue weighted by Gasteiger charge is -2.07. The van der Waals surface area contributed by atoms with E-state index >= 15 is 0 Å². The molecule has 0 saturated heterocycles. The highest BCUT2D eigenvalue weighted by Crippen LogP contribution is 2.28. The van der Waals surface area contributed by atoms with E-state index in [0.29, 0.717) is 10.0 Å². The van der Waals surface area contributed by atoms with Gasteiger partial charge >= 0.3 is 0 Å². The molecule has 0 saturated carbocycles. The van der Waals surface area contributed by atoms with E-state index in [4.69, 9.17) is 15.7 Å². The third-order valence-corrected chi connectivity index (χ3v) is 2.52. The molecule has 1 heterocycles. The minimum absolute atomic E-state index is 0.131. The lowest BCUT2D eigenvalue weighted by molar-refractivity contribution is 0.460. The van der Waals surface area contributed by atoms with E-state index < -0.39 is 5.82 Å². The van der Waals surface area contributed by atoms with Crippen LogP contribution in [0.2, 0.25) is 0 Å². The van der Waals surface area contributed by atoms with Gasteiger partial charge in [-0.2, -0.15) is 5.26 Å². The Morgan fingerprint density at radius 3 is 2.72 bits per heavy atom. The van der Waals surface area contributed by atoms with Crippen LogP contribution in [0.5, 0.6) is 11.6 Å². The molecule has 6 heteroatoms. The van der Waals surface area contributed by atoms with Crippen molar-refractivity contribution in [1.29, 1.82) is 5.26 Å². The van der Waals surface area contributed by atoms with Gasteiger partial charge in [0, 0.05) is 16.7 Å². The molecule has 90 valence electrons. The second kappa shape index (κ2) is 5.02. The van der Waals surface area contributed by atoms with E-state index in [2.05, 4.69) is 20.9 Å². The minimum atomic E-state index is -0.438. The number of pyridine rings is 1. The molecule has 1 aromatic heterocycles. The monoisotopic (exact) mass is 307 g/mol. The average molecular weight is 308 g/mol. The number of rotatable bonds is 2. The van der Waals surface area contributed by atoms with Crippen LogP contribution in [0.25, 0.3) is 0 Å². The van der Waals surface area contributed by atoms with Crippen LogP contribution >= 0.6 is 15.9 Å². The number of nitriles is 1. The van der Waals surface area contributed by atoms with Gasteiger partial charge < -0.3 is 10.5 Å². The molecule has 0 spiro atoms. The molecule has 4 nitrogen and oxygen atoms in total. The second-order valence-corrected chi connectivity index (χ2v) is 4.35. The molecule has 1 aromatic carbocycles. The Labute approximate surface area is 111 Å². The Kier molecular flexibility index (Phi) is 3.44. The average Bonchev–Trinajstić information content (AvgIpc) is 2.30. The van der Waals surface area contributed by atoms with E-state index in [1.807, 2.05) is 6.07 Å².